The Kier molecular flexibility index (Phi) is 12.5. The van der Waals surface area contributed by atoms with E-state index >= 15 is 0 Å². The van der Waals surface area contributed by atoms with Crippen molar-refractivity contribution in [3.8, 4) is 0 Å². The Hall–Kier alpha value is -1.64. The summed E-state index contributed by atoms with van der Waals surface area (Å²) in [5, 5.41) is 6.60. The number of hydrogen-bond donors (Lipinski definition) is 2. The molecule has 1 atom stereocenters. The minimum absolute atomic E-state index is 0. The van der Waals surface area contributed by atoms with Crippen molar-refractivity contribution in [3.05, 3.63) is 71.3 Å². The standard InChI is InChI=1S/C22H31N3O2.HI/c1-4-23-22(25-18(2)15-26-3)24-14-19-10-12-21(13-11-19)17-27-16-20-8-6-5-7-9-20;/h5-13,18H,4,14-17H2,1-3H3,(H2,23,24,25);1H. The number of ether oxygens (including phenoxy) is 2. The molecular weight excluding hydrogens is 465 g/mol. The van der Waals surface area contributed by atoms with Crippen LogP contribution in [-0.2, 0) is 29.2 Å². The summed E-state index contributed by atoms with van der Waals surface area (Å²) in [5.74, 6) is 0.803. The Morgan fingerprint density at radius 1 is 0.964 bits per heavy atom. The van der Waals surface area contributed by atoms with Gasteiger partial charge in [-0.15, -0.1) is 24.0 Å². The van der Waals surface area contributed by atoms with Crippen molar-refractivity contribution in [1.29, 1.82) is 0 Å². The van der Waals surface area contributed by atoms with Gasteiger partial charge in [0.25, 0.3) is 0 Å². The molecule has 2 rings (SSSR count). The maximum absolute atomic E-state index is 5.78. The van der Waals surface area contributed by atoms with E-state index in [-0.39, 0.29) is 30.0 Å². The third-order valence-electron chi connectivity index (χ3n) is 3.97. The van der Waals surface area contributed by atoms with Gasteiger partial charge in [0.05, 0.1) is 26.4 Å². The molecule has 2 aromatic rings. The van der Waals surface area contributed by atoms with Crippen molar-refractivity contribution in [1.82, 2.24) is 10.6 Å². The lowest BCUT2D eigenvalue weighted by Crippen LogP contribution is -2.43. The van der Waals surface area contributed by atoms with E-state index in [2.05, 4.69) is 65.9 Å². The number of halogens is 1. The highest BCUT2D eigenvalue weighted by atomic mass is 127. The van der Waals surface area contributed by atoms with Crippen LogP contribution >= 0.6 is 24.0 Å². The molecule has 28 heavy (non-hydrogen) atoms. The van der Waals surface area contributed by atoms with Gasteiger partial charge in [0.2, 0.25) is 0 Å². The molecule has 5 nitrogen and oxygen atoms in total. The van der Waals surface area contributed by atoms with Gasteiger partial charge < -0.3 is 20.1 Å². The molecule has 154 valence electrons. The van der Waals surface area contributed by atoms with Gasteiger partial charge in [0.1, 0.15) is 0 Å². The van der Waals surface area contributed by atoms with E-state index in [1.807, 2.05) is 18.2 Å². The van der Waals surface area contributed by atoms with Crippen LogP contribution in [0.4, 0.5) is 0 Å². The van der Waals surface area contributed by atoms with E-state index in [0.29, 0.717) is 26.4 Å². The lowest BCUT2D eigenvalue weighted by atomic mass is 10.1. The molecule has 0 bridgehead atoms. The summed E-state index contributed by atoms with van der Waals surface area (Å²) in [7, 11) is 1.70. The van der Waals surface area contributed by atoms with E-state index in [1.165, 1.54) is 11.1 Å². The van der Waals surface area contributed by atoms with E-state index in [1.54, 1.807) is 7.11 Å². The number of hydrogen-bond acceptors (Lipinski definition) is 3. The Labute approximate surface area is 186 Å². The molecule has 0 aliphatic heterocycles. The van der Waals surface area contributed by atoms with Crippen molar-refractivity contribution in [2.75, 3.05) is 20.3 Å². The van der Waals surface area contributed by atoms with Crippen LogP contribution < -0.4 is 10.6 Å². The van der Waals surface area contributed by atoms with E-state index in [0.717, 1.165) is 18.1 Å². The van der Waals surface area contributed by atoms with Gasteiger partial charge in [-0.25, -0.2) is 4.99 Å². The lowest BCUT2D eigenvalue weighted by molar-refractivity contribution is 0.107. The number of benzene rings is 2. The van der Waals surface area contributed by atoms with Crippen LogP contribution in [0.5, 0.6) is 0 Å². The van der Waals surface area contributed by atoms with Gasteiger partial charge in [0.15, 0.2) is 5.96 Å². The van der Waals surface area contributed by atoms with Crippen LogP contribution in [0.1, 0.15) is 30.5 Å². The third kappa shape index (κ3) is 9.52. The number of methoxy groups -OCH3 is 1. The first kappa shape index (κ1) is 24.4. The Balaban J connectivity index is 0.00000392. The zero-order valence-electron chi connectivity index (χ0n) is 17.0. The van der Waals surface area contributed by atoms with Crippen molar-refractivity contribution in [2.45, 2.75) is 39.6 Å². The number of guanidine groups is 1. The first-order valence-corrected chi connectivity index (χ1v) is 9.44. The zero-order chi connectivity index (χ0) is 19.3. The molecule has 0 aromatic heterocycles. The topological polar surface area (TPSA) is 54.9 Å². The fraction of sp³-hybridized carbons (Fsp3) is 0.409. The van der Waals surface area contributed by atoms with Crippen LogP contribution in [0.25, 0.3) is 0 Å². The summed E-state index contributed by atoms with van der Waals surface area (Å²) >= 11 is 0. The van der Waals surface area contributed by atoms with Crippen LogP contribution in [0.15, 0.2) is 59.6 Å². The molecule has 0 saturated carbocycles. The van der Waals surface area contributed by atoms with Crippen LogP contribution in [0, 0.1) is 0 Å². The number of aliphatic imine (C=N–C) groups is 1. The smallest absolute Gasteiger partial charge is 0.191 e. The quantitative estimate of drug-likeness (QED) is 0.295. The normalized spacial score (nSPS) is 12.2. The number of rotatable bonds is 10. The van der Waals surface area contributed by atoms with Gasteiger partial charge in [0, 0.05) is 19.7 Å². The molecule has 2 aromatic carbocycles. The fourth-order valence-corrected chi connectivity index (χ4v) is 2.62. The average molecular weight is 497 g/mol. The summed E-state index contributed by atoms with van der Waals surface area (Å²) < 4.78 is 10.9. The fourth-order valence-electron chi connectivity index (χ4n) is 2.62. The molecule has 0 heterocycles. The monoisotopic (exact) mass is 497 g/mol. The van der Waals surface area contributed by atoms with Gasteiger partial charge in [-0.3, -0.25) is 0 Å². The van der Waals surface area contributed by atoms with Gasteiger partial charge in [-0.2, -0.15) is 0 Å². The third-order valence-corrected chi connectivity index (χ3v) is 3.97. The lowest BCUT2D eigenvalue weighted by Gasteiger charge is -2.17. The second kappa shape index (κ2) is 14.4. The second-order valence-corrected chi connectivity index (χ2v) is 6.49. The van der Waals surface area contributed by atoms with Gasteiger partial charge >= 0.3 is 0 Å². The van der Waals surface area contributed by atoms with E-state index in [9.17, 15) is 0 Å². The summed E-state index contributed by atoms with van der Waals surface area (Å²) in [6.07, 6.45) is 0. The maximum Gasteiger partial charge on any atom is 0.191 e. The second-order valence-electron chi connectivity index (χ2n) is 6.49. The van der Waals surface area contributed by atoms with E-state index in [4.69, 9.17) is 9.47 Å². The predicted octanol–water partition coefficient (Wildman–Crippen LogP) is 4.11. The molecular formula is C22H32IN3O2. The Morgan fingerprint density at radius 2 is 1.57 bits per heavy atom. The molecule has 2 N–H and O–H groups in total. The molecule has 0 aliphatic rings. The number of nitrogens with one attached hydrogen (secondary N) is 2. The minimum Gasteiger partial charge on any atom is -0.383 e. The molecule has 0 spiro atoms. The SMILES string of the molecule is CCNC(=NCc1ccc(COCc2ccccc2)cc1)NC(C)COC.I. The van der Waals surface area contributed by atoms with Gasteiger partial charge in [-0.05, 0) is 30.5 Å². The average Bonchev–Trinajstić information content (AvgIpc) is 2.68. The minimum atomic E-state index is 0. The molecule has 1 unspecified atom stereocenters. The summed E-state index contributed by atoms with van der Waals surface area (Å²) in [5.41, 5.74) is 3.52. The van der Waals surface area contributed by atoms with Crippen molar-refractivity contribution in [2.24, 2.45) is 4.99 Å². The van der Waals surface area contributed by atoms with Crippen LogP contribution in [0.2, 0.25) is 0 Å². The molecule has 0 fully saturated rings. The van der Waals surface area contributed by atoms with Gasteiger partial charge in [-0.1, -0.05) is 54.6 Å². The molecule has 0 aliphatic carbocycles. The first-order chi connectivity index (χ1) is 13.2. The van der Waals surface area contributed by atoms with Crippen molar-refractivity contribution in [3.63, 3.8) is 0 Å². The van der Waals surface area contributed by atoms with Crippen LogP contribution in [-0.4, -0.2) is 32.3 Å². The largest absolute Gasteiger partial charge is 0.383 e. The molecule has 0 saturated heterocycles. The maximum atomic E-state index is 5.78. The Morgan fingerprint density at radius 3 is 2.18 bits per heavy atom. The predicted molar refractivity (Wildman–Crippen MR) is 126 cm³/mol. The Bertz CT molecular complexity index is 678. The number of nitrogens with zero attached hydrogens (tertiary/aromatic N) is 1. The zero-order valence-corrected chi connectivity index (χ0v) is 19.3. The molecule has 6 heteroatoms. The van der Waals surface area contributed by atoms with E-state index < -0.39 is 0 Å². The summed E-state index contributed by atoms with van der Waals surface area (Å²) in [6, 6.07) is 18.8. The highest BCUT2D eigenvalue weighted by molar-refractivity contribution is 14.0. The summed E-state index contributed by atoms with van der Waals surface area (Å²) in [6.45, 7) is 7.45. The first-order valence-electron chi connectivity index (χ1n) is 9.44. The highest BCUT2D eigenvalue weighted by Crippen LogP contribution is 2.09. The molecule has 0 radical (unpaired) electrons. The van der Waals surface area contributed by atoms with Crippen molar-refractivity contribution < 1.29 is 9.47 Å². The van der Waals surface area contributed by atoms with Crippen molar-refractivity contribution >= 4 is 29.9 Å². The highest BCUT2D eigenvalue weighted by Gasteiger charge is 2.04. The summed E-state index contributed by atoms with van der Waals surface area (Å²) in [4.78, 5) is 4.65. The molecule has 0 amide bonds. The van der Waals surface area contributed by atoms with Crippen LogP contribution in [0.3, 0.4) is 0 Å².